The lowest BCUT2D eigenvalue weighted by atomic mass is 10.2. The van der Waals surface area contributed by atoms with E-state index in [0.29, 0.717) is 20.1 Å². The molecular formula is C23H14FN3O3S2. The van der Waals surface area contributed by atoms with Gasteiger partial charge in [0.15, 0.2) is 5.13 Å². The number of thiophene rings is 1. The largest absolute Gasteiger partial charge is 0.279 e. The molecule has 0 aliphatic rings. The number of aromatic nitrogens is 1. The van der Waals surface area contributed by atoms with Gasteiger partial charge in [0.25, 0.3) is 11.6 Å². The summed E-state index contributed by atoms with van der Waals surface area (Å²) in [6, 6.07) is 20.4. The van der Waals surface area contributed by atoms with Crippen LogP contribution in [0.3, 0.4) is 0 Å². The molecule has 5 rings (SSSR count). The minimum atomic E-state index is -0.462. The summed E-state index contributed by atoms with van der Waals surface area (Å²) in [5, 5.41) is 12.1. The number of nitro benzene ring substituents is 1. The molecule has 0 N–H and O–H groups in total. The zero-order valence-corrected chi connectivity index (χ0v) is 18.0. The van der Waals surface area contributed by atoms with Crippen molar-refractivity contribution in [3.63, 3.8) is 0 Å². The molecule has 9 heteroatoms. The molecule has 2 heterocycles. The number of anilines is 1. The van der Waals surface area contributed by atoms with Gasteiger partial charge in [0, 0.05) is 22.2 Å². The second kappa shape index (κ2) is 8.10. The topological polar surface area (TPSA) is 76.3 Å². The van der Waals surface area contributed by atoms with Gasteiger partial charge in [-0.2, -0.15) is 0 Å². The minimum Gasteiger partial charge on any atom is -0.279 e. The fourth-order valence-corrected chi connectivity index (χ4v) is 5.36. The van der Waals surface area contributed by atoms with Crippen LogP contribution in [0.2, 0.25) is 0 Å². The van der Waals surface area contributed by atoms with Gasteiger partial charge in [-0.05, 0) is 29.8 Å². The monoisotopic (exact) mass is 463 g/mol. The third kappa shape index (κ3) is 3.72. The smallest absolute Gasteiger partial charge is 0.270 e. The Balaban J connectivity index is 1.59. The van der Waals surface area contributed by atoms with Crippen LogP contribution in [0.5, 0.6) is 0 Å². The number of rotatable bonds is 5. The van der Waals surface area contributed by atoms with Crippen LogP contribution in [0.4, 0.5) is 15.2 Å². The predicted molar refractivity (Wildman–Crippen MR) is 125 cm³/mol. The Hall–Kier alpha value is -3.69. The number of halogens is 1. The highest BCUT2D eigenvalue weighted by atomic mass is 32.1. The molecule has 158 valence electrons. The van der Waals surface area contributed by atoms with E-state index in [4.69, 9.17) is 0 Å². The van der Waals surface area contributed by atoms with Crippen molar-refractivity contribution in [2.75, 3.05) is 4.90 Å². The summed E-state index contributed by atoms with van der Waals surface area (Å²) in [6.07, 6.45) is 0. The van der Waals surface area contributed by atoms with E-state index in [2.05, 4.69) is 4.98 Å². The number of benzene rings is 3. The highest BCUT2D eigenvalue weighted by molar-refractivity contribution is 7.23. The molecule has 0 bridgehead atoms. The number of hydrogen-bond acceptors (Lipinski definition) is 6. The number of nitro groups is 1. The number of hydrogen-bond donors (Lipinski definition) is 0. The van der Waals surface area contributed by atoms with Crippen molar-refractivity contribution in [2.45, 2.75) is 6.54 Å². The quantitative estimate of drug-likeness (QED) is 0.223. The van der Waals surface area contributed by atoms with Crippen molar-refractivity contribution >= 4 is 59.7 Å². The van der Waals surface area contributed by atoms with Gasteiger partial charge < -0.3 is 0 Å². The van der Waals surface area contributed by atoms with Crippen molar-refractivity contribution in [2.24, 2.45) is 0 Å². The first-order valence-electron chi connectivity index (χ1n) is 9.58. The Morgan fingerprint density at radius 2 is 1.81 bits per heavy atom. The van der Waals surface area contributed by atoms with Gasteiger partial charge in [-0.1, -0.05) is 47.7 Å². The maximum absolute atomic E-state index is 14.2. The molecule has 0 aliphatic carbocycles. The summed E-state index contributed by atoms with van der Waals surface area (Å²) in [7, 11) is 0. The van der Waals surface area contributed by atoms with Crippen molar-refractivity contribution in [3.8, 4) is 0 Å². The molecule has 0 radical (unpaired) electrons. The van der Waals surface area contributed by atoms with Crippen LogP contribution in [-0.4, -0.2) is 15.8 Å². The molecule has 5 aromatic rings. The molecule has 0 saturated heterocycles. The van der Waals surface area contributed by atoms with Crippen molar-refractivity contribution in [1.82, 2.24) is 4.98 Å². The molecule has 0 fully saturated rings. The van der Waals surface area contributed by atoms with Crippen LogP contribution in [-0.2, 0) is 6.54 Å². The van der Waals surface area contributed by atoms with E-state index in [1.54, 1.807) is 24.3 Å². The lowest BCUT2D eigenvalue weighted by Gasteiger charge is -2.19. The summed E-state index contributed by atoms with van der Waals surface area (Å²) < 4.78 is 15.7. The molecule has 0 unspecified atom stereocenters. The second-order valence-electron chi connectivity index (χ2n) is 7.05. The number of non-ortho nitro benzene ring substituents is 1. The van der Waals surface area contributed by atoms with Crippen LogP contribution in [0.1, 0.15) is 15.2 Å². The van der Waals surface area contributed by atoms with Gasteiger partial charge in [-0.3, -0.25) is 19.8 Å². The van der Waals surface area contributed by atoms with Gasteiger partial charge in [0.2, 0.25) is 0 Å². The Morgan fingerprint density at radius 3 is 2.56 bits per heavy atom. The maximum atomic E-state index is 14.2. The summed E-state index contributed by atoms with van der Waals surface area (Å²) >= 11 is 2.50. The van der Waals surface area contributed by atoms with E-state index in [-0.39, 0.29) is 23.7 Å². The molecule has 0 spiro atoms. The fourth-order valence-electron chi connectivity index (χ4n) is 3.39. The molecular weight excluding hydrogens is 449 g/mol. The fraction of sp³-hybridized carbons (Fsp3) is 0.0435. The number of para-hydroxylation sites is 1. The van der Waals surface area contributed by atoms with E-state index in [1.807, 2.05) is 30.3 Å². The van der Waals surface area contributed by atoms with Gasteiger partial charge in [0.05, 0.1) is 21.0 Å². The second-order valence-corrected chi connectivity index (χ2v) is 9.14. The molecule has 2 aromatic heterocycles. The van der Waals surface area contributed by atoms with Gasteiger partial charge in [0.1, 0.15) is 11.3 Å². The minimum absolute atomic E-state index is 0.0305. The summed E-state index contributed by atoms with van der Waals surface area (Å²) in [6.45, 7) is 0.259. The number of fused-ring (bicyclic) bond motifs is 2. The SMILES string of the molecule is O=C(c1cc2cc([N+](=O)[O-])ccc2s1)N(Cc1ccccc1)c1nc2c(F)cccc2s1. The normalized spacial score (nSPS) is 11.2. The average molecular weight is 464 g/mol. The number of carbonyl (C=O) groups is 1. The Morgan fingerprint density at radius 1 is 1.00 bits per heavy atom. The van der Waals surface area contributed by atoms with Crippen LogP contribution in [0.15, 0.2) is 72.8 Å². The molecule has 0 aliphatic heterocycles. The zero-order valence-electron chi connectivity index (χ0n) is 16.4. The number of amides is 1. The summed E-state index contributed by atoms with van der Waals surface area (Å²) in [5.41, 5.74) is 1.10. The first kappa shape index (κ1) is 20.2. The van der Waals surface area contributed by atoms with Crippen molar-refractivity contribution in [3.05, 3.63) is 99.2 Å². The van der Waals surface area contributed by atoms with Crippen LogP contribution in [0, 0.1) is 15.9 Å². The third-order valence-corrected chi connectivity index (χ3v) is 7.09. The van der Waals surface area contributed by atoms with E-state index >= 15 is 0 Å². The summed E-state index contributed by atoms with van der Waals surface area (Å²) in [5.74, 6) is -0.733. The Labute approximate surface area is 189 Å². The van der Waals surface area contributed by atoms with Gasteiger partial charge in [-0.25, -0.2) is 9.37 Å². The van der Waals surface area contributed by atoms with E-state index in [1.165, 1.54) is 45.8 Å². The van der Waals surface area contributed by atoms with E-state index in [0.717, 1.165) is 10.3 Å². The van der Waals surface area contributed by atoms with E-state index < -0.39 is 10.7 Å². The molecule has 3 aromatic carbocycles. The molecule has 0 saturated carbocycles. The van der Waals surface area contributed by atoms with E-state index in [9.17, 15) is 19.3 Å². The van der Waals surface area contributed by atoms with Crippen LogP contribution >= 0.6 is 22.7 Å². The highest BCUT2D eigenvalue weighted by Gasteiger charge is 2.24. The van der Waals surface area contributed by atoms with Crippen LogP contribution < -0.4 is 4.90 Å². The highest BCUT2D eigenvalue weighted by Crippen LogP contribution is 2.35. The van der Waals surface area contributed by atoms with Gasteiger partial charge in [-0.15, -0.1) is 11.3 Å². The lowest BCUT2D eigenvalue weighted by Crippen LogP contribution is -2.29. The molecule has 32 heavy (non-hydrogen) atoms. The summed E-state index contributed by atoms with van der Waals surface area (Å²) in [4.78, 5) is 30.6. The first-order valence-corrected chi connectivity index (χ1v) is 11.2. The first-order chi connectivity index (χ1) is 15.5. The van der Waals surface area contributed by atoms with Crippen molar-refractivity contribution in [1.29, 1.82) is 0 Å². The number of thiazole rings is 1. The third-order valence-electron chi connectivity index (χ3n) is 4.94. The van der Waals surface area contributed by atoms with Crippen molar-refractivity contribution < 1.29 is 14.1 Å². The zero-order chi connectivity index (χ0) is 22.2. The number of carbonyl (C=O) groups excluding carboxylic acids is 1. The Kier molecular flexibility index (Phi) is 5.12. The van der Waals surface area contributed by atoms with Crippen LogP contribution in [0.25, 0.3) is 20.3 Å². The molecule has 1 amide bonds. The molecule has 6 nitrogen and oxygen atoms in total. The maximum Gasteiger partial charge on any atom is 0.270 e. The average Bonchev–Trinajstić information content (AvgIpc) is 3.42. The van der Waals surface area contributed by atoms with Gasteiger partial charge >= 0.3 is 0 Å². The standard InChI is InChI=1S/C23H14FN3O3S2/c24-17-7-4-8-19-21(17)25-23(32-19)26(13-14-5-2-1-3-6-14)22(28)20-12-15-11-16(27(29)30)9-10-18(15)31-20/h1-12H,13H2. The Bertz CT molecular complexity index is 1480. The molecule has 0 atom stereocenters. The lowest BCUT2D eigenvalue weighted by molar-refractivity contribution is -0.384. The predicted octanol–water partition coefficient (Wildman–Crippen LogP) is 6.41. The number of nitrogens with zero attached hydrogens (tertiary/aromatic N) is 3.